The largest absolute Gasteiger partial charge is 0.494 e. The molecule has 6 nitrogen and oxygen atoms in total. The SMILES string of the molecule is COc1cc(NC(=O)c2cccc3c2ccn3C)ccc1-n1nc(C)cc1C. The van der Waals surface area contributed by atoms with Crippen LogP contribution in [0.15, 0.2) is 54.7 Å². The second-order valence-electron chi connectivity index (χ2n) is 6.84. The molecule has 4 rings (SSSR count). The third kappa shape index (κ3) is 3.03. The van der Waals surface area contributed by atoms with Crippen LogP contribution >= 0.6 is 0 Å². The highest BCUT2D eigenvalue weighted by Crippen LogP contribution is 2.28. The molecule has 0 unspecified atom stereocenters. The lowest BCUT2D eigenvalue weighted by Crippen LogP contribution is -2.12. The summed E-state index contributed by atoms with van der Waals surface area (Å²) >= 11 is 0. The summed E-state index contributed by atoms with van der Waals surface area (Å²) in [5.74, 6) is 0.486. The maximum atomic E-state index is 12.9. The number of hydrogen-bond donors (Lipinski definition) is 1. The number of hydrogen-bond acceptors (Lipinski definition) is 3. The number of carbonyl (C=O) groups is 1. The number of fused-ring (bicyclic) bond motifs is 1. The molecule has 0 aliphatic heterocycles. The van der Waals surface area contributed by atoms with Crippen LogP contribution in [0.1, 0.15) is 21.7 Å². The van der Waals surface area contributed by atoms with Crippen molar-refractivity contribution in [3.63, 3.8) is 0 Å². The molecule has 0 fully saturated rings. The fourth-order valence-corrected chi connectivity index (χ4v) is 3.50. The van der Waals surface area contributed by atoms with Gasteiger partial charge in [-0.1, -0.05) is 6.07 Å². The predicted molar refractivity (Wildman–Crippen MR) is 110 cm³/mol. The molecule has 6 heteroatoms. The van der Waals surface area contributed by atoms with Crippen LogP contribution < -0.4 is 10.1 Å². The second kappa shape index (κ2) is 6.88. The Morgan fingerprint density at radius 1 is 1.11 bits per heavy atom. The molecular weight excluding hydrogens is 352 g/mol. The highest BCUT2D eigenvalue weighted by atomic mass is 16.5. The number of carbonyl (C=O) groups excluding carboxylic acids is 1. The molecule has 1 N–H and O–H groups in total. The van der Waals surface area contributed by atoms with Gasteiger partial charge in [0.15, 0.2) is 0 Å². The molecule has 0 radical (unpaired) electrons. The average molecular weight is 374 g/mol. The van der Waals surface area contributed by atoms with Crippen LogP contribution in [0.4, 0.5) is 5.69 Å². The molecule has 0 saturated carbocycles. The van der Waals surface area contributed by atoms with Gasteiger partial charge < -0.3 is 14.6 Å². The molecule has 4 aromatic rings. The van der Waals surface area contributed by atoms with Crippen molar-refractivity contribution in [1.82, 2.24) is 14.3 Å². The van der Waals surface area contributed by atoms with E-state index < -0.39 is 0 Å². The minimum absolute atomic E-state index is 0.155. The number of methoxy groups -OCH3 is 1. The van der Waals surface area contributed by atoms with Crippen LogP contribution in [-0.4, -0.2) is 27.4 Å². The minimum atomic E-state index is -0.155. The molecule has 28 heavy (non-hydrogen) atoms. The van der Waals surface area contributed by atoms with E-state index in [1.54, 1.807) is 7.11 Å². The minimum Gasteiger partial charge on any atom is -0.494 e. The van der Waals surface area contributed by atoms with Crippen molar-refractivity contribution in [1.29, 1.82) is 0 Å². The van der Waals surface area contributed by atoms with Crippen LogP contribution in [0.25, 0.3) is 16.6 Å². The van der Waals surface area contributed by atoms with Gasteiger partial charge in [0.05, 0.1) is 12.8 Å². The Bertz CT molecular complexity index is 1190. The summed E-state index contributed by atoms with van der Waals surface area (Å²) in [6.45, 7) is 3.95. The number of nitrogens with one attached hydrogen (secondary N) is 1. The zero-order valence-electron chi connectivity index (χ0n) is 16.4. The molecular formula is C22H22N4O2. The summed E-state index contributed by atoms with van der Waals surface area (Å²) in [6.07, 6.45) is 1.95. The first-order valence-corrected chi connectivity index (χ1v) is 9.05. The van der Waals surface area contributed by atoms with Gasteiger partial charge >= 0.3 is 0 Å². The number of nitrogens with zero attached hydrogens (tertiary/aromatic N) is 3. The Kier molecular flexibility index (Phi) is 4.39. The number of ether oxygens (including phenoxy) is 1. The number of aryl methyl sites for hydroxylation is 3. The molecule has 142 valence electrons. The molecule has 0 bridgehead atoms. The van der Waals surface area contributed by atoms with Gasteiger partial charge in [0.1, 0.15) is 11.4 Å². The summed E-state index contributed by atoms with van der Waals surface area (Å²) in [5.41, 5.74) is 5.11. The maximum Gasteiger partial charge on any atom is 0.256 e. The number of rotatable bonds is 4. The summed E-state index contributed by atoms with van der Waals surface area (Å²) in [7, 11) is 3.58. The summed E-state index contributed by atoms with van der Waals surface area (Å²) in [5, 5.41) is 8.41. The lowest BCUT2D eigenvalue weighted by molar-refractivity contribution is 0.102. The summed E-state index contributed by atoms with van der Waals surface area (Å²) in [6, 6.07) is 15.3. The van der Waals surface area contributed by atoms with Crippen molar-refractivity contribution < 1.29 is 9.53 Å². The zero-order valence-corrected chi connectivity index (χ0v) is 16.4. The molecule has 1 amide bonds. The fourth-order valence-electron chi connectivity index (χ4n) is 3.50. The van der Waals surface area contributed by atoms with Crippen LogP contribution in [-0.2, 0) is 7.05 Å². The van der Waals surface area contributed by atoms with Crippen molar-refractivity contribution in [2.45, 2.75) is 13.8 Å². The van der Waals surface area contributed by atoms with Gasteiger partial charge in [-0.2, -0.15) is 5.10 Å². The lowest BCUT2D eigenvalue weighted by Gasteiger charge is -2.13. The van der Waals surface area contributed by atoms with Crippen molar-refractivity contribution in [3.05, 3.63) is 71.7 Å². The molecule has 2 aromatic heterocycles. The molecule has 2 heterocycles. The number of benzene rings is 2. The van der Waals surface area contributed by atoms with Crippen LogP contribution in [0.5, 0.6) is 5.75 Å². The van der Waals surface area contributed by atoms with Crippen molar-refractivity contribution >= 4 is 22.5 Å². The van der Waals surface area contributed by atoms with E-state index in [1.807, 2.05) is 84.9 Å². The monoisotopic (exact) mass is 374 g/mol. The Labute approximate surface area is 163 Å². The van der Waals surface area contributed by atoms with Crippen molar-refractivity contribution in [2.24, 2.45) is 7.05 Å². The van der Waals surface area contributed by atoms with E-state index in [-0.39, 0.29) is 5.91 Å². The molecule has 0 atom stereocenters. The van der Waals surface area contributed by atoms with Crippen LogP contribution in [0, 0.1) is 13.8 Å². The first kappa shape index (κ1) is 17.9. The topological polar surface area (TPSA) is 61.1 Å². The third-order valence-electron chi connectivity index (χ3n) is 4.85. The maximum absolute atomic E-state index is 12.9. The normalized spacial score (nSPS) is 11.0. The van der Waals surface area contributed by atoms with Crippen molar-refractivity contribution in [2.75, 3.05) is 12.4 Å². The van der Waals surface area contributed by atoms with Gasteiger partial charge in [0.25, 0.3) is 5.91 Å². The van der Waals surface area contributed by atoms with E-state index in [4.69, 9.17) is 4.74 Å². The highest BCUT2D eigenvalue weighted by molar-refractivity contribution is 6.12. The Hall–Kier alpha value is -3.54. The fraction of sp³-hybridized carbons (Fsp3) is 0.182. The molecule has 0 saturated heterocycles. The Morgan fingerprint density at radius 3 is 2.64 bits per heavy atom. The quantitative estimate of drug-likeness (QED) is 0.581. The van der Waals surface area contributed by atoms with E-state index in [1.165, 1.54) is 0 Å². The third-order valence-corrected chi connectivity index (χ3v) is 4.85. The number of amides is 1. The Morgan fingerprint density at radius 2 is 1.93 bits per heavy atom. The van der Waals surface area contributed by atoms with Gasteiger partial charge in [-0.3, -0.25) is 4.79 Å². The van der Waals surface area contributed by atoms with E-state index in [0.717, 1.165) is 28.0 Å². The van der Waals surface area contributed by atoms with Crippen molar-refractivity contribution in [3.8, 4) is 11.4 Å². The summed E-state index contributed by atoms with van der Waals surface area (Å²) in [4.78, 5) is 12.9. The number of anilines is 1. The standard InChI is InChI=1S/C22H22N4O2/c1-14-12-15(2)26(24-14)20-9-8-16(13-21(20)28-4)23-22(27)18-6-5-7-19-17(18)10-11-25(19)3/h5-13H,1-4H3,(H,23,27). The molecule has 0 aliphatic carbocycles. The van der Waals surface area contributed by atoms with Crippen LogP contribution in [0.3, 0.4) is 0 Å². The van der Waals surface area contributed by atoms with Gasteiger partial charge in [-0.15, -0.1) is 0 Å². The molecule has 0 aliphatic rings. The van der Waals surface area contributed by atoms with Gasteiger partial charge in [0.2, 0.25) is 0 Å². The van der Waals surface area contributed by atoms with Gasteiger partial charge in [-0.05, 0) is 50.2 Å². The Balaban J connectivity index is 1.66. The predicted octanol–water partition coefficient (Wildman–Crippen LogP) is 4.24. The first-order chi connectivity index (χ1) is 13.5. The van der Waals surface area contributed by atoms with E-state index in [0.29, 0.717) is 17.0 Å². The van der Waals surface area contributed by atoms with Crippen LogP contribution in [0.2, 0.25) is 0 Å². The first-order valence-electron chi connectivity index (χ1n) is 9.05. The van der Waals surface area contributed by atoms with E-state index in [9.17, 15) is 4.79 Å². The van der Waals surface area contributed by atoms with Gasteiger partial charge in [-0.25, -0.2) is 4.68 Å². The second-order valence-corrected chi connectivity index (χ2v) is 6.84. The van der Waals surface area contributed by atoms with E-state index >= 15 is 0 Å². The lowest BCUT2D eigenvalue weighted by atomic mass is 10.1. The smallest absolute Gasteiger partial charge is 0.256 e. The van der Waals surface area contributed by atoms with Gasteiger partial charge in [0, 0.05) is 47.2 Å². The number of aromatic nitrogens is 3. The zero-order chi connectivity index (χ0) is 19.8. The summed E-state index contributed by atoms with van der Waals surface area (Å²) < 4.78 is 9.39. The molecule has 2 aromatic carbocycles. The molecule has 0 spiro atoms. The van der Waals surface area contributed by atoms with E-state index in [2.05, 4.69) is 10.4 Å². The highest BCUT2D eigenvalue weighted by Gasteiger charge is 2.14. The average Bonchev–Trinajstić information content (AvgIpc) is 3.23.